The Kier molecular flexibility index (Phi) is 5.15. The SMILES string of the molecule is Cc1c(C(=O)NCC(=O)N2CCCC2)cnn1-c1ccc(C(F)(F)F)cn1. The highest BCUT2D eigenvalue weighted by atomic mass is 19.4. The van der Waals surface area contributed by atoms with Crippen LogP contribution in [0.4, 0.5) is 13.2 Å². The van der Waals surface area contributed by atoms with E-state index in [1.807, 2.05) is 0 Å². The monoisotopic (exact) mass is 381 g/mol. The maximum atomic E-state index is 12.6. The molecule has 1 aliphatic heterocycles. The molecule has 3 heterocycles. The van der Waals surface area contributed by atoms with Gasteiger partial charge in [-0.3, -0.25) is 9.59 Å². The lowest BCUT2D eigenvalue weighted by molar-refractivity contribution is -0.137. The second-order valence-corrected chi connectivity index (χ2v) is 6.23. The largest absolute Gasteiger partial charge is 0.417 e. The highest BCUT2D eigenvalue weighted by Gasteiger charge is 2.31. The van der Waals surface area contributed by atoms with Gasteiger partial charge in [-0.05, 0) is 31.9 Å². The van der Waals surface area contributed by atoms with Gasteiger partial charge in [0.25, 0.3) is 5.91 Å². The van der Waals surface area contributed by atoms with Gasteiger partial charge in [-0.1, -0.05) is 0 Å². The van der Waals surface area contributed by atoms with Crippen LogP contribution in [0.15, 0.2) is 24.5 Å². The van der Waals surface area contributed by atoms with E-state index in [0.717, 1.165) is 18.9 Å². The predicted octanol–water partition coefficient (Wildman–Crippen LogP) is 1.95. The summed E-state index contributed by atoms with van der Waals surface area (Å²) in [5.74, 6) is -0.457. The fraction of sp³-hybridized carbons (Fsp3) is 0.412. The summed E-state index contributed by atoms with van der Waals surface area (Å²) in [7, 11) is 0. The first-order valence-corrected chi connectivity index (χ1v) is 8.41. The van der Waals surface area contributed by atoms with Crippen LogP contribution in [0.25, 0.3) is 5.82 Å². The number of nitrogens with one attached hydrogen (secondary N) is 1. The molecular weight excluding hydrogens is 363 g/mol. The molecule has 0 atom stereocenters. The van der Waals surface area contributed by atoms with Gasteiger partial charge in [0.2, 0.25) is 5.91 Å². The highest BCUT2D eigenvalue weighted by Crippen LogP contribution is 2.28. The number of hydrogen-bond acceptors (Lipinski definition) is 4. The number of aromatic nitrogens is 3. The Morgan fingerprint density at radius 1 is 1.19 bits per heavy atom. The van der Waals surface area contributed by atoms with Crippen molar-refractivity contribution in [1.29, 1.82) is 0 Å². The molecule has 0 radical (unpaired) electrons. The molecule has 2 amide bonds. The number of alkyl halides is 3. The molecule has 2 aromatic heterocycles. The zero-order chi connectivity index (χ0) is 19.6. The van der Waals surface area contributed by atoms with E-state index in [-0.39, 0.29) is 23.8 Å². The summed E-state index contributed by atoms with van der Waals surface area (Å²) < 4.78 is 39.2. The molecule has 144 valence electrons. The van der Waals surface area contributed by atoms with Gasteiger partial charge in [0.1, 0.15) is 0 Å². The zero-order valence-electron chi connectivity index (χ0n) is 14.6. The topological polar surface area (TPSA) is 80.1 Å². The number of amides is 2. The van der Waals surface area contributed by atoms with E-state index in [0.29, 0.717) is 25.0 Å². The molecular formula is C17H18F3N5O2. The minimum absolute atomic E-state index is 0.109. The number of hydrogen-bond donors (Lipinski definition) is 1. The maximum absolute atomic E-state index is 12.6. The summed E-state index contributed by atoms with van der Waals surface area (Å²) in [6, 6.07) is 2.08. The number of carbonyl (C=O) groups is 2. The summed E-state index contributed by atoms with van der Waals surface area (Å²) in [6.07, 6.45) is -0.537. The van der Waals surface area contributed by atoms with Gasteiger partial charge in [0, 0.05) is 19.3 Å². The number of nitrogens with zero attached hydrogens (tertiary/aromatic N) is 4. The molecule has 7 nitrogen and oxygen atoms in total. The van der Waals surface area contributed by atoms with Gasteiger partial charge in [0.05, 0.1) is 29.6 Å². The first kappa shape index (κ1) is 18.9. The summed E-state index contributed by atoms with van der Waals surface area (Å²) in [4.78, 5) is 29.8. The average Bonchev–Trinajstić information content (AvgIpc) is 3.28. The van der Waals surface area contributed by atoms with Crippen molar-refractivity contribution < 1.29 is 22.8 Å². The van der Waals surface area contributed by atoms with Crippen molar-refractivity contribution in [3.05, 3.63) is 41.3 Å². The van der Waals surface area contributed by atoms with Crippen LogP contribution in [0.1, 0.15) is 34.5 Å². The van der Waals surface area contributed by atoms with Gasteiger partial charge in [-0.25, -0.2) is 9.67 Å². The standard InChI is InChI=1S/C17H18F3N5O2/c1-11-13(16(27)22-10-15(26)24-6-2-3-7-24)9-23-25(11)14-5-4-12(8-21-14)17(18,19)20/h4-5,8-9H,2-3,6-7,10H2,1H3,(H,22,27). The number of pyridine rings is 1. The molecule has 0 bridgehead atoms. The molecule has 0 aromatic carbocycles. The van der Waals surface area contributed by atoms with E-state index in [1.54, 1.807) is 11.8 Å². The lowest BCUT2D eigenvalue weighted by Gasteiger charge is -2.15. The Morgan fingerprint density at radius 2 is 1.89 bits per heavy atom. The third-order valence-corrected chi connectivity index (χ3v) is 4.41. The lowest BCUT2D eigenvalue weighted by Crippen LogP contribution is -2.38. The van der Waals surface area contributed by atoms with Gasteiger partial charge in [0.15, 0.2) is 5.82 Å². The fourth-order valence-electron chi connectivity index (χ4n) is 2.87. The third kappa shape index (κ3) is 4.09. The van der Waals surface area contributed by atoms with Crippen molar-refractivity contribution >= 4 is 11.8 Å². The highest BCUT2D eigenvalue weighted by molar-refractivity contribution is 5.97. The number of rotatable bonds is 4. The Hall–Kier alpha value is -2.91. The lowest BCUT2D eigenvalue weighted by atomic mass is 10.2. The first-order valence-electron chi connectivity index (χ1n) is 8.41. The van der Waals surface area contributed by atoms with Gasteiger partial charge < -0.3 is 10.2 Å². The molecule has 1 N–H and O–H groups in total. The first-order chi connectivity index (χ1) is 12.8. The molecule has 2 aromatic rings. The molecule has 1 saturated heterocycles. The number of halogens is 3. The van der Waals surface area contributed by atoms with Crippen molar-refractivity contribution in [2.45, 2.75) is 25.9 Å². The Labute approximate surface area is 153 Å². The normalized spacial score (nSPS) is 14.4. The van der Waals surface area contributed by atoms with E-state index in [4.69, 9.17) is 0 Å². The average molecular weight is 381 g/mol. The second kappa shape index (κ2) is 7.37. The zero-order valence-corrected chi connectivity index (χ0v) is 14.6. The summed E-state index contributed by atoms with van der Waals surface area (Å²) in [6.45, 7) is 2.89. The van der Waals surface area contributed by atoms with Crippen molar-refractivity contribution in [3.63, 3.8) is 0 Å². The van der Waals surface area contributed by atoms with Crippen molar-refractivity contribution in [3.8, 4) is 5.82 Å². The Bertz CT molecular complexity index is 839. The summed E-state index contributed by atoms with van der Waals surface area (Å²) in [5, 5.41) is 6.58. The van der Waals surface area contributed by atoms with Crippen LogP contribution in [0.5, 0.6) is 0 Å². The minimum atomic E-state index is -4.47. The van der Waals surface area contributed by atoms with Crippen molar-refractivity contribution in [1.82, 2.24) is 25.0 Å². The molecule has 0 saturated carbocycles. The van der Waals surface area contributed by atoms with Gasteiger partial charge in [-0.2, -0.15) is 18.3 Å². The van der Waals surface area contributed by atoms with E-state index >= 15 is 0 Å². The molecule has 1 fully saturated rings. The maximum Gasteiger partial charge on any atom is 0.417 e. The molecule has 0 unspecified atom stereocenters. The quantitative estimate of drug-likeness (QED) is 0.878. The number of likely N-dealkylation sites (tertiary alicyclic amines) is 1. The molecule has 0 aliphatic carbocycles. The van der Waals surface area contributed by atoms with Gasteiger partial charge >= 0.3 is 6.18 Å². The molecule has 0 spiro atoms. The van der Waals surface area contributed by atoms with Crippen LogP contribution in [-0.2, 0) is 11.0 Å². The predicted molar refractivity (Wildman–Crippen MR) is 89.2 cm³/mol. The molecule has 10 heteroatoms. The molecule has 27 heavy (non-hydrogen) atoms. The summed E-state index contributed by atoms with van der Waals surface area (Å²) in [5.41, 5.74) is -0.228. The van der Waals surface area contributed by atoms with Crippen LogP contribution in [0.2, 0.25) is 0 Å². The smallest absolute Gasteiger partial charge is 0.343 e. The van der Waals surface area contributed by atoms with E-state index in [9.17, 15) is 22.8 Å². The second-order valence-electron chi connectivity index (χ2n) is 6.23. The van der Waals surface area contributed by atoms with Crippen LogP contribution < -0.4 is 5.32 Å². The van der Waals surface area contributed by atoms with E-state index in [2.05, 4.69) is 15.4 Å². The minimum Gasteiger partial charge on any atom is -0.343 e. The third-order valence-electron chi connectivity index (χ3n) is 4.41. The van der Waals surface area contributed by atoms with Crippen LogP contribution >= 0.6 is 0 Å². The molecule has 1 aliphatic rings. The van der Waals surface area contributed by atoms with Crippen molar-refractivity contribution in [2.75, 3.05) is 19.6 Å². The fourth-order valence-corrected chi connectivity index (χ4v) is 2.87. The van der Waals surface area contributed by atoms with Crippen LogP contribution in [-0.4, -0.2) is 51.1 Å². The summed E-state index contributed by atoms with van der Waals surface area (Å²) >= 11 is 0. The number of carbonyl (C=O) groups excluding carboxylic acids is 2. The molecule has 3 rings (SSSR count). The van der Waals surface area contributed by atoms with Crippen molar-refractivity contribution in [2.24, 2.45) is 0 Å². The van der Waals surface area contributed by atoms with Crippen LogP contribution in [0, 0.1) is 6.92 Å². The van der Waals surface area contributed by atoms with Crippen LogP contribution in [0.3, 0.4) is 0 Å². The van der Waals surface area contributed by atoms with E-state index in [1.165, 1.54) is 16.9 Å². The van der Waals surface area contributed by atoms with E-state index < -0.39 is 17.6 Å². The van der Waals surface area contributed by atoms with Gasteiger partial charge in [-0.15, -0.1) is 0 Å². The Morgan fingerprint density at radius 3 is 2.48 bits per heavy atom. The Balaban J connectivity index is 1.69.